The highest BCUT2D eigenvalue weighted by Crippen LogP contribution is 2.54. The van der Waals surface area contributed by atoms with Crippen LogP contribution in [0.25, 0.3) is 0 Å². The number of esters is 1. The van der Waals surface area contributed by atoms with E-state index in [9.17, 15) is 23.7 Å². The number of hydrogen-bond donors (Lipinski definition) is 0. The first kappa shape index (κ1) is 20.3. The van der Waals surface area contributed by atoms with E-state index in [1.54, 1.807) is 13.8 Å². The van der Waals surface area contributed by atoms with Crippen molar-refractivity contribution in [2.24, 2.45) is 0 Å². The molecule has 0 aromatic carbocycles. The minimum absolute atomic E-state index is 0.0249. The fourth-order valence-electron chi connectivity index (χ4n) is 1.99. The van der Waals surface area contributed by atoms with Crippen LogP contribution in [0.3, 0.4) is 0 Å². The van der Waals surface area contributed by atoms with Crippen molar-refractivity contribution in [2.75, 3.05) is 20.3 Å². The molecule has 10 nitrogen and oxygen atoms in total. The van der Waals surface area contributed by atoms with E-state index in [0.29, 0.717) is 5.06 Å². The predicted octanol–water partition coefficient (Wildman–Crippen LogP) is 0.791. The first-order chi connectivity index (χ1) is 11.3. The van der Waals surface area contributed by atoms with Gasteiger partial charge < -0.3 is 18.6 Å². The van der Waals surface area contributed by atoms with Gasteiger partial charge in [-0.25, -0.2) is 4.79 Å². The number of nitrogens with zero attached hydrogens (tertiary/aromatic N) is 1. The zero-order chi connectivity index (χ0) is 18.3. The fraction of sp³-hybridized carbons (Fsp3) is 0.692. The van der Waals surface area contributed by atoms with Crippen LogP contribution in [-0.2, 0) is 42.4 Å². The molecule has 1 aliphatic heterocycles. The van der Waals surface area contributed by atoms with E-state index in [-0.39, 0.29) is 26.1 Å². The summed E-state index contributed by atoms with van der Waals surface area (Å²) in [4.78, 5) is 51.4. The van der Waals surface area contributed by atoms with Crippen LogP contribution in [-0.4, -0.2) is 54.8 Å². The molecule has 1 rings (SSSR count). The zero-order valence-electron chi connectivity index (χ0n) is 13.7. The molecule has 1 heterocycles. The molecule has 0 radical (unpaired) electrons. The molecule has 0 aromatic heterocycles. The summed E-state index contributed by atoms with van der Waals surface area (Å²) in [6.45, 7) is 3.03. The van der Waals surface area contributed by atoms with Crippen molar-refractivity contribution in [1.82, 2.24) is 5.06 Å². The molecule has 2 amide bonds. The van der Waals surface area contributed by atoms with Gasteiger partial charge in [0, 0.05) is 12.8 Å². The van der Waals surface area contributed by atoms with Gasteiger partial charge in [-0.15, -0.1) is 5.06 Å². The van der Waals surface area contributed by atoms with E-state index in [0.717, 1.165) is 7.11 Å². The van der Waals surface area contributed by atoms with Gasteiger partial charge in [0.15, 0.2) is 5.66 Å². The largest absolute Gasteiger partial charge is 0.468 e. The van der Waals surface area contributed by atoms with Gasteiger partial charge in [-0.05, 0) is 13.8 Å². The second-order valence-corrected chi connectivity index (χ2v) is 6.88. The average Bonchev–Trinajstić information content (AvgIpc) is 2.84. The average molecular weight is 365 g/mol. The zero-order valence-corrected chi connectivity index (χ0v) is 14.6. The Bertz CT molecular complexity index is 536. The lowest BCUT2D eigenvalue weighted by Crippen LogP contribution is -2.35. The standard InChI is InChI=1S/C13H20NO9P/c1-4-21-24(19,22-5-2)9(13(18)20-3)8-12(17)23-14-10(15)6-7-11(14)16/h9H,4-8H2,1-3H3. The Morgan fingerprint density at radius 3 is 2.04 bits per heavy atom. The third-order valence-electron chi connectivity index (χ3n) is 3.03. The van der Waals surface area contributed by atoms with Crippen LogP contribution in [0.1, 0.15) is 33.1 Å². The first-order valence-electron chi connectivity index (χ1n) is 7.32. The quantitative estimate of drug-likeness (QED) is 0.331. The smallest absolute Gasteiger partial charge is 0.345 e. The van der Waals surface area contributed by atoms with Gasteiger partial charge in [-0.3, -0.25) is 18.9 Å². The number of hydroxylamine groups is 2. The molecule has 0 spiro atoms. The summed E-state index contributed by atoms with van der Waals surface area (Å²) in [5.74, 6) is -3.42. The highest BCUT2D eigenvalue weighted by molar-refractivity contribution is 7.55. The molecule has 1 unspecified atom stereocenters. The van der Waals surface area contributed by atoms with Crippen LogP contribution in [0.2, 0.25) is 0 Å². The molecule has 0 saturated carbocycles. The molecule has 1 aliphatic rings. The van der Waals surface area contributed by atoms with E-state index < -0.39 is 43.4 Å². The van der Waals surface area contributed by atoms with Crippen LogP contribution in [0.5, 0.6) is 0 Å². The highest BCUT2D eigenvalue weighted by Gasteiger charge is 2.45. The van der Waals surface area contributed by atoms with Crippen LogP contribution < -0.4 is 0 Å². The molecule has 11 heteroatoms. The molecule has 0 N–H and O–H groups in total. The third kappa shape index (κ3) is 4.86. The Morgan fingerprint density at radius 2 is 1.62 bits per heavy atom. The van der Waals surface area contributed by atoms with Crippen molar-refractivity contribution >= 4 is 31.3 Å². The van der Waals surface area contributed by atoms with Gasteiger partial charge in [0.25, 0.3) is 11.8 Å². The molecular formula is C13H20NO9P. The van der Waals surface area contributed by atoms with Crippen LogP contribution in [0.4, 0.5) is 0 Å². The van der Waals surface area contributed by atoms with Crippen molar-refractivity contribution in [1.29, 1.82) is 0 Å². The van der Waals surface area contributed by atoms with Crippen molar-refractivity contribution in [2.45, 2.75) is 38.8 Å². The topological polar surface area (TPSA) is 126 Å². The minimum atomic E-state index is -4.00. The summed E-state index contributed by atoms with van der Waals surface area (Å²) in [6, 6.07) is 0. The Morgan fingerprint density at radius 1 is 1.12 bits per heavy atom. The molecule has 136 valence electrons. The second kappa shape index (κ2) is 8.91. The summed E-state index contributed by atoms with van der Waals surface area (Å²) >= 11 is 0. The maximum Gasteiger partial charge on any atom is 0.345 e. The molecular weight excluding hydrogens is 345 g/mol. The van der Waals surface area contributed by atoms with Gasteiger partial charge in [-0.2, -0.15) is 0 Å². The van der Waals surface area contributed by atoms with Gasteiger partial charge in [-0.1, -0.05) is 0 Å². The lowest BCUT2D eigenvalue weighted by atomic mass is 10.3. The van der Waals surface area contributed by atoms with E-state index in [1.807, 2.05) is 0 Å². The summed E-state index contributed by atoms with van der Waals surface area (Å²) in [5, 5.41) is 0.336. The number of hydrogen-bond acceptors (Lipinski definition) is 9. The SMILES string of the molecule is CCOP(=O)(OCC)C(CC(=O)ON1C(=O)CCC1=O)C(=O)OC. The maximum absolute atomic E-state index is 12.7. The minimum Gasteiger partial charge on any atom is -0.468 e. The van der Waals surface area contributed by atoms with E-state index in [1.165, 1.54) is 0 Å². The normalized spacial score (nSPS) is 16.2. The highest BCUT2D eigenvalue weighted by atomic mass is 31.2. The number of imide groups is 1. The number of rotatable bonds is 9. The molecule has 24 heavy (non-hydrogen) atoms. The Balaban J connectivity index is 2.90. The first-order valence-corrected chi connectivity index (χ1v) is 8.93. The molecule has 0 bridgehead atoms. The molecule has 0 aliphatic carbocycles. The molecule has 1 fully saturated rings. The summed E-state index contributed by atoms with van der Waals surface area (Å²) in [7, 11) is -2.94. The summed E-state index contributed by atoms with van der Waals surface area (Å²) in [5.41, 5.74) is -1.57. The monoisotopic (exact) mass is 365 g/mol. The van der Waals surface area contributed by atoms with Gasteiger partial charge >= 0.3 is 19.5 Å². The van der Waals surface area contributed by atoms with Crippen LogP contribution in [0.15, 0.2) is 0 Å². The van der Waals surface area contributed by atoms with Gasteiger partial charge in [0.2, 0.25) is 0 Å². The predicted molar refractivity (Wildman–Crippen MR) is 78.5 cm³/mol. The van der Waals surface area contributed by atoms with Crippen LogP contribution in [0, 0.1) is 0 Å². The van der Waals surface area contributed by atoms with Crippen molar-refractivity contribution in [3.63, 3.8) is 0 Å². The molecule has 0 aromatic rings. The molecule has 1 saturated heterocycles. The molecule has 1 atom stereocenters. The summed E-state index contributed by atoms with van der Waals surface area (Å²) < 4.78 is 27.3. The van der Waals surface area contributed by atoms with Crippen molar-refractivity contribution < 1.29 is 42.4 Å². The van der Waals surface area contributed by atoms with Crippen molar-refractivity contribution in [3.05, 3.63) is 0 Å². The van der Waals surface area contributed by atoms with Gasteiger partial charge in [0.1, 0.15) is 0 Å². The lowest BCUT2D eigenvalue weighted by Gasteiger charge is -2.24. The lowest BCUT2D eigenvalue weighted by molar-refractivity contribution is -0.197. The van der Waals surface area contributed by atoms with E-state index in [2.05, 4.69) is 9.57 Å². The van der Waals surface area contributed by atoms with Crippen LogP contribution >= 0.6 is 7.60 Å². The van der Waals surface area contributed by atoms with E-state index >= 15 is 0 Å². The number of ether oxygens (including phenoxy) is 1. The summed E-state index contributed by atoms with van der Waals surface area (Å²) in [6.07, 6.45) is -0.868. The number of methoxy groups -OCH3 is 1. The number of carbonyl (C=O) groups is 4. The van der Waals surface area contributed by atoms with Gasteiger partial charge in [0.05, 0.1) is 26.7 Å². The van der Waals surface area contributed by atoms with E-state index in [4.69, 9.17) is 9.05 Å². The Labute approximate surface area is 138 Å². The number of carbonyl (C=O) groups excluding carboxylic acids is 4. The number of amides is 2. The fourth-order valence-corrected chi connectivity index (χ4v) is 3.88. The Hall–Kier alpha value is -1.77. The van der Waals surface area contributed by atoms with Crippen molar-refractivity contribution in [3.8, 4) is 0 Å². The Kier molecular flexibility index (Phi) is 7.53. The third-order valence-corrected chi connectivity index (χ3v) is 5.42. The maximum atomic E-state index is 12.7. The second-order valence-electron chi connectivity index (χ2n) is 4.66.